The Labute approximate surface area is 71.0 Å². The summed E-state index contributed by atoms with van der Waals surface area (Å²) in [5.74, 6) is -6.09. The van der Waals surface area contributed by atoms with E-state index in [2.05, 4.69) is 0 Å². The zero-order valence-corrected chi connectivity index (χ0v) is 6.38. The molecule has 1 aromatic carbocycles. The van der Waals surface area contributed by atoms with Gasteiger partial charge in [-0.15, -0.1) is 0 Å². The Kier molecular flexibility index (Phi) is 2.85. The summed E-state index contributed by atoms with van der Waals surface area (Å²) < 4.78 is 62.0. The van der Waals surface area contributed by atoms with Gasteiger partial charge in [-0.2, -0.15) is 0 Å². The third-order valence-electron chi connectivity index (χ3n) is 1.55. The highest BCUT2D eigenvalue weighted by molar-refractivity contribution is 5.22. The van der Waals surface area contributed by atoms with Crippen LogP contribution in [0.2, 0.25) is 0 Å². The van der Waals surface area contributed by atoms with Crippen molar-refractivity contribution in [3.8, 4) is 0 Å². The molecule has 5 heteroatoms. The minimum Gasteiger partial charge on any atom is -0.251 e. The molecule has 1 aromatic rings. The van der Waals surface area contributed by atoms with Gasteiger partial charge in [0.25, 0.3) is 0 Å². The summed E-state index contributed by atoms with van der Waals surface area (Å²) in [5.41, 5.74) is -0.889. The minimum atomic E-state index is -1.53. The van der Waals surface area contributed by atoms with Gasteiger partial charge in [0.05, 0.1) is 6.67 Å². The summed E-state index contributed by atoms with van der Waals surface area (Å²) in [4.78, 5) is 0. The molecule has 0 unspecified atom stereocenters. The summed E-state index contributed by atoms with van der Waals surface area (Å²) in [6, 6.07) is 0.0897. The summed E-state index contributed by atoms with van der Waals surface area (Å²) >= 11 is 0. The van der Waals surface area contributed by atoms with Gasteiger partial charge < -0.3 is 0 Å². The predicted molar refractivity (Wildman–Crippen MR) is 36.0 cm³/mol. The maximum Gasteiger partial charge on any atom is 0.165 e. The smallest absolute Gasteiger partial charge is 0.165 e. The van der Waals surface area contributed by atoms with Gasteiger partial charge >= 0.3 is 0 Å². The van der Waals surface area contributed by atoms with E-state index in [1.807, 2.05) is 0 Å². The van der Waals surface area contributed by atoms with Crippen molar-refractivity contribution in [2.24, 2.45) is 0 Å². The zero-order valence-electron chi connectivity index (χ0n) is 6.38. The third kappa shape index (κ3) is 1.79. The van der Waals surface area contributed by atoms with Crippen LogP contribution in [0, 0.1) is 23.3 Å². The molecule has 0 fully saturated rings. The average molecular weight is 196 g/mol. The van der Waals surface area contributed by atoms with Crippen molar-refractivity contribution in [3.05, 3.63) is 34.9 Å². The Morgan fingerprint density at radius 2 is 1.38 bits per heavy atom. The Hall–Kier alpha value is -1.13. The lowest BCUT2D eigenvalue weighted by Crippen LogP contribution is -2.03. The molecular weight excluding hydrogens is 191 g/mol. The lowest BCUT2D eigenvalue weighted by atomic mass is 10.1. The van der Waals surface area contributed by atoms with Crippen LogP contribution in [-0.4, -0.2) is 6.67 Å². The van der Waals surface area contributed by atoms with Crippen LogP contribution in [0.4, 0.5) is 22.0 Å². The van der Waals surface area contributed by atoms with E-state index in [-0.39, 0.29) is 6.07 Å². The maximum absolute atomic E-state index is 12.7. The molecule has 0 radical (unpaired) electrons. The first kappa shape index (κ1) is 9.95. The van der Waals surface area contributed by atoms with Crippen molar-refractivity contribution in [2.75, 3.05) is 6.67 Å². The topological polar surface area (TPSA) is 0 Å². The second kappa shape index (κ2) is 3.72. The molecule has 0 spiro atoms. The molecular formula is C8H5F5. The van der Waals surface area contributed by atoms with Crippen LogP contribution in [0.1, 0.15) is 5.56 Å². The summed E-state index contributed by atoms with van der Waals surface area (Å²) in [6.45, 7) is -1.07. The van der Waals surface area contributed by atoms with Gasteiger partial charge in [-0.25, -0.2) is 17.6 Å². The van der Waals surface area contributed by atoms with E-state index in [0.29, 0.717) is 0 Å². The van der Waals surface area contributed by atoms with Crippen molar-refractivity contribution < 1.29 is 22.0 Å². The van der Waals surface area contributed by atoms with Crippen molar-refractivity contribution in [3.63, 3.8) is 0 Å². The van der Waals surface area contributed by atoms with Crippen LogP contribution in [0.15, 0.2) is 6.07 Å². The molecule has 0 N–H and O–H groups in total. The fourth-order valence-corrected chi connectivity index (χ4v) is 0.937. The summed E-state index contributed by atoms with van der Waals surface area (Å²) in [5, 5.41) is 0. The average Bonchev–Trinajstić information content (AvgIpc) is 2.09. The van der Waals surface area contributed by atoms with E-state index >= 15 is 0 Å². The highest BCUT2D eigenvalue weighted by Crippen LogP contribution is 2.19. The SMILES string of the molecule is FCCc1c(F)c(F)cc(F)c1F. The second-order valence-electron chi connectivity index (χ2n) is 2.39. The molecule has 0 aliphatic rings. The van der Waals surface area contributed by atoms with Crippen LogP contribution in [0.25, 0.3) is 0 Å². The first-order chi connectivity index (χ1) is 6.07. The van der Waals surface area contributed by atoms with Crippen LogP contribution >= 0.6 is 0 Å². The highest BCUT2D eigenvalue weighted by Gasteiger charge is 2.18. The normalized spacial score (nSPS) is 10.5. The first-order valence-corrected chi connectivity index (χ1v) is 3.45. The van der Waals surface area contributed by atoms with Gasteiger partial charge in [0, 0.05) is 18.1 Å². The van der Waals surface area contributed by atoms with Crippen LogP contribution < -0.4 is 0 Å². The number of halogens is 5. The van der Waals surface area contributed by atoms with E-state index in [0.717, 1.165) is 0 Å². The van der Waals surface area contributed by atoms with Crippen molar-refractivity contribution in [1.82, 2.24) is 0 Å². The first-order valence-electron chi connectivity index (χ1n) is 3.45. The largest absolute Gasteiger partial charge is 0.251 e. The fourth-order valence-electron chi connectivity index (χ4n) is 0.937. The second-order valence-corrected chi connectivity index (χ2v) is 2.39. The minimum absolute atomic E-state index is 0.0897. The molecule has 0 atom stereocenters. The lowest BCUT2D eigenvalue weighted by molar-refractivity contribution is 0.421. The van der Waals surface area contributed by atoms with Gasteiger partial charge in [-0.3, -0.25) is 4.39 Å². The van der Waals surface area contributed by atoms with Gasteiger partial charge in [-0.05, 0) is 0 Å². The summed E-state index contributed by atoms with van der Waals surface area (Å²) in [6.07, 6.45) is -0.674. The molecule has 1 rings (SSSR count). The van der Waals surface area contributed by atoms with E-state index in [4.69, 9.17) is 0 Å². The van der Waals surface area contributed by atoms with Crippen molar-refractivity contribution in [2.45, 2.75) is 6.42 Å². The molecule has 13 heavy (non-hydrogen) atoms. The Morgan fingerprint density at radius 3 is 1.77 bits per heavy atom. The number of alkyl halides is 1. The van der Waals surface area contributed by atoms with Gasteiger partial charge in [-0.1, -0.05) is 0 Å². The quantitative estimate of drug-likeness (QED) is 0.504. The Balaban J connectivity index is 3.28. The summed E-state index contributed by atoms with van der Waals surface area (Å²) in [7, 11) is 0. The standard InChI is InChI=1S/C8H5F5/c9-2-1-4-7(12)5(10)3-6(11)8(4)13/h3H,1-2H2. The molecule has 0 saturated heterocycles. The zero-order chi connectivity index (χ0) is 10.0. The van der Waals surface area contributed by atoms with E-state index in [1.54, 1.807) is 0 Å². The number of hydrogen-bond donors (Lipinski definition) is 0. The molecule has 0 aromatic heterocycles. The third-order valence-corrected chi connectivity index (χ3v) is 1.55. The Morgan fingerprint density at radius 1 is 0.923 bits per heavy atom. The molecule has 0 nitrogen and oxygen atoms in total. The van der Waals surface area contributed by atoms with Crippen molar-refractivity contribution in [1.29, 1.82) is 0 Å². The van der Waals surface area contributed by atoms with Crippen molar-refractivity contribution >= 4 is 0 Å². The highest BCUT2D eigenvalue weighted by atomic mass is 19.2. The van der Waals surface area contributed by atoms with Gasteiger partial charge in [0.15, 0.2) is 23.3 Å². The fraction of sp³-hybridized carbons (Fsp3) is 0.250. The number of hydrogen-bond acceptors (Lipinski definition) is 0. The maximum atomic E-state index is 12.7. The van der Waals surface area contributed by atoms with E-state index < -0.39 is 41.9 Å². The number of rotatable bonds is 2. The Bertz CT molecular complexity index is 295. The lowest BCUT2D eigenvalue weighted by Gasteiger charge is -2.03. The molecule has 72 valence electrons. The van der Waals surface area contributed by atoms with Crippen LogP contribution in [-0.2, 0) is 6.42 Å². The van der Waals surface area contributed by atoms with Gasteiger partial charge in [0.1, 0.15) is 0 Å². The van der Waals surface area contributed by atoms with E-state index in [9.17, 15) is 22.0 Å². The number of benzene rings is 1. The van der Waals surface area contributed by atoms with Crippen LogP contribution in [0.3, 0.4) is 0 Å². The molecule has 0 heterocycles. The van der Waals surface area contributed by atoms with Crippen LogP contribution in [0.5, 0.6) is 0 Å². The van der Waals surface area contributed by atoms with E-state index in [1.165, 1.54) is 0 Å². The van der Waals surface area contributed by atoms with Gasteiger partial charge in [0.2, 0.25) is 0 Å². The molecule has 0 aliphatic carbocycles. The monoisotopic (exact) mass is 196 g/mol. The predicted octanol–water partition coefficient (Wildman–Crippen LogP) is 2.76. The molecule has 0 aliphatic heterocycles. The molecule has 0 amide bonds. The molecule has 0 saturated carbocycles. The molecule has 0 bridgehead atoms.